The van der Waals surface area contributed by atoms with Crippen LogP contribution in [-0.2, 0) is 10.0 Å². The third kappa shape index (κ3) is 4.26. The summed E-state index contributed by atoms with van der Waals surface area (Å²) in [6, 6.07) is 24.5. The number of piperidine rings is 1. The zero-order valence-corrected chi connectivity index (χ0v) is 19.1. The Morgan fingerprint density at radius 1 is 0.794 bits per heavy atom. The fraction of sp³-hybridized carbons (Fsp3) is 0.192. The molecule has 1 fully saturated rings. The Hall–Kier alpha value is -3.36. The lowest BCUT2D eigenvalue weighted by atomic mass is 10.1. The molecule has 1 aromatic heterocycles. The first-order valence-electron chi connectivity index (χ1n) is 11.1. The first-order valence-corrected chi connectivity index (χ1v) is 12.5. The van der Waals surface area contributed by atoms with E-state index >= 15 is 0 Å². The Kier molecular flexibility index (Phi) is 6.02. The molecule has 0 saturated carbocycles. The second kappa shape index (κ2) is 9.12. The molecule has 0 bridgehead atoms. The molecule has 8 heteroatoms. The van der Waals surface area contributed by atoms with Gasteiger partial charge in [-0.2, -0.15) is 9.40 Å². The first kappa shape index (κ1) is 22.4. The van der Waals surface area contributed by atoms with Crippen LogP contribution in [0.15, 0.2) is 89.8 Å². The standard InChI is InChI=1S/C26H23F2N3O2S/c27-21-11-12-26(23(28)17-21)34(32,33)30-15-13-22(14-16-30)31-25(20-9-5-2-6-10-20)18-24(29-31)19-7-3-1-4-8-19/h1-12,17-18,22H,13-16H2. The zero-order valence-electron chi connectivity index (χ0n) is 18.3. The van der Waals surface area contributed by atoms with Crippen LogP contribution in [0.25, 0.3) is 22.5 Å². The molecule has 1 saturated heterocycles. The van der Waals surface area contributed by atoms with Crippen molar-refractivity contribution in [2.24, 2.45) is 0 Å². The Morgan fingerprint density at radius 2 is 1.41 bits per heavy atom. The number of sulfonamides is 1. The molecule has 0 unspecified atom stereocenters. The van der Waals surface area contributed by atoms with E-state index in [4.69, 9.17) is 5.10 Å². The SMILES string of the molecule is O=S(=O)(c1ccc(F)cc1F)N1CCC(n2nc(-c3ccccc3)cc2-c2ccccc2)CC1. The van der Waals surface area contributed by atoms with Gasteiger partial charge in [-0.15, -0.1) is 0 Å². The summed E-state index contributed by atoms with van der Waals surface area (Å²) in [7, 11) is -4.05. The maximum absolute atomic E-state index is 14.2. The molecule has 1 aliphatic heterocycles. The van der Waals surface area contributed by atoms with Crippen molar-refractivity contribution in [3.63, 3.8) is 0 Å². The summed E-state index contributed by atoms with van der Waals surface area (Å²) in [5, 5.41) is 4.90. The molecule has 0 atom stereocenters. The van der Waals surface area contributed by atoms with Gasteiger partial charge in [-0.05, 0) is 36.6 Å². The molecule has 5 rings (SSSR count). The van der Waals surface area contributed by atoms with Crippen LogP contribution in [0.5, 0.6) is 0 Å². The van der Waals surface area contributed by atoms with Crippen LogP contribution in [-0.4, -0.2) is 35.6 Å². The number of hydrogen-bond acceptors (Lipinski definition) is 3. The molecule has 5 nitrogen and oxygen atoms in total. The molecule has 1 aliphatic rings. The van der Waals surface area contributed by atoms with Gasteiger partial charge in [-0.1, -0.05) is 60.7 Å². The maximum atomic E-state index is 14.2. The second-order valence-electron chi connectivity index (χ2n) is 8.30. The molecule has 0 radical (unpaired) electrons. The minimum absolute atomic E-state index is 0.0165. The van der Waals surface area contributed by atoms with E-state index in [2.05, 4.69) is 6.07 Å². The van der Waals surface area contributed by atoms with Crippen LogP contribution in [0.2, 0.25) is 0 Å². The van der Waals surface area contributed by atoms with Gasteiger partial charge in [0.15, 0.2) is 0 Å². The minimum atomic E-state index is -4.05. The smallest absolute Gasteiger partial charge is 0.245 e. The lowest BCUT2D eigenvalue weighted by Gasteiger charge is -2.32. The van der Waals surface area contributed by atoms with Crippen molar-refractivity contribution in [3.8, 4) is 22.5 Å². The molecule has 0 aliphatic carbocycles. The van der Waals surface area contributed by atoms with Crippen LogP contribution >= 0.6 is 0 Å². The molecule has 3 aromatic carbocycles. The molecule has 0 amide bonds. The summed E-state index contributed by atoms with van der Waals surface area (Å²) in [5.74, 6) is -1.88. The monoisotopic (exact) mass is 479 g/mol. The van der Waals surface area contributed by atoms with Crippen molar-refractivity contribution in [2.75, 3.05) is 13.1 Å². The van der Waals surface area contributed by atoms with Crippen molar-refractivity contribution in [1.82, 2.24) is 14.1 Å². The molecule has 34 heavy (non-hydrogen) atoms. The predicted octanol–water partition coefficient (Wildman–Crippen LogP) is 5.52. The number of aromatic nitrogens is 2. The van der Waals surface area contributed by atoms with Gasteiger partial charge in [0, 0.05) is 24.7 Å². The Balaban J connectivity index is 1.43. The Bertz CT molecular complexity index is 1400. The van der Waals surface area contributed by atoms with Crippen LogP contribution in [0.3, 0.4) is 0 Å². The fourth-order valence-corrected chi connectivity index (χ4v) is 5.91. The van der Waals surface area contributed by atoms with Gasteiger partial charge in [-0.3, -0.25) is 4.68 Å². The van der Waals surface area contributed by atoms with Crippen molar-refractivity contribution in [1.29, 1.82) is 0 Å². The highest BCUT2D eigenvalue weighted by molar-refractivity contribution is 7.89. The molecule has 2 heterocycles. The normalized spacial score (nSPS) is 15.5. The average molecular weight is 480 g/mol. The van der Waals surface area contributed by atoms with E-state index < -0.39 is 26.6 Å². The summed E-state index contributed by atoms with van der Waals surface area (Å²) in [6.07, 6.45) is 1.05. The van der Waals surface area contributed by atoms with E-state index in [-0.39, 0.29) is 19.1 Å². The van der Waals surface area contributed by atoms with Gasteiger partial charge in [0.05, 0.1) is 17.4 Å². The van der Waals surface area contributed by atoms with Crippen molar-refractivity contribution in [3.05, 3.63) is 96.6 Å². The Morgan fingerprint density at radius 3 is 2.03 bits per heavy atom. The van der Waals surface area contributed by atoms with Crippen LogP contribution in [0.4, 0.5) is 8.78 Å². The third-order valence-electron chi connectivity index (χ3n) is 6.16. The molecule has 4 aromatic rings. The molecule has 0 spiro atoms. The predicted molar refractivity (Wildman–Crippen MR) is 126 cm³/mol. The van der Waals surface area contributed by atoms with Gasteiger partial charge in [0.1, 0.15) is 16.5 Å². The van der Waals surface area contributed by atoms with Crippen LogP contribution in [0, 0.1) is 11.6 Å². The summed E-state index contributed by atoms with van der Waals surface area (Å²) < 4.78 is 56.7. The van der Waals surface area contributed by atoms with Crippen molar-refractivity contribution in [2.45, 2.75) is 23.8 Å². The van der Waals surface area contributed by atoms with Crippen molar-refractivity contribution < 1.29 is 17.2 Å². The quantitative estimate of drug-likeness (QED) is 0.379. The zero-order chi connectivity index (χ0) is 23.7. The van der Waals surface area contributed by atoms with Gasteiger partial charge in [-0.25, -0.2) is 17.2 Å². The minimum Gasteiger partial charge on any atom is -0.261 e. The van der Waals surface area contributed by atoms with E-state index in [1.807, 2.05) is 65.3 Å². The van der Waals surface area contributed by atoms with Gasteiger partial charge < -0.3 is 0 Å². The van der Waals surface area contributed by atoms with E-state index in [1.54, 1.807) is 0 Å². The van der Waals surface area contributed by atoms with Gasteiger partial charge >= 0.3 is 0 Å². The molecular weight excluding hydrogens is 456 g/mol. The number of halogens is 2. The highest BCUT2D eigenvalue weighted by atomic mass is 32.2. The lowest BCUT2D eigenvalue weighted by Crippen LogP contribution is -2.39. The second-order valence-corrected chi connectivity index (χ2v) is 10.2. The van der Waals surface area contributed by atoms with Crippen LogP contribution in [0.1, 0.15) is 18.9 Å². The lowest BCUT2D eigenvalue weighted by molar-refractivity contribution is 0.262. The number of nitrogens with zero attached hydrogens (tertiary/aromatic N) is 3. The molecule has 0 N–H and O–H groups in total. The fourth-order valence-electron chi connectivity index (χ4n) is 4.40. The topological polar surface area (TPSA) is 55.2 Å². The first-order chi connectivity index (χ1) is 16.4. The third-order valence-corrected chi connectivity index (χ3v) is 8.09. The van der Waals surface area contributed by atoms with Crippen LogP contribution < -0.4 is 0 Å². The van der Waals surface area contributed by atoms with E-state index in [0.717, 1.165) is 34.6 Å². The average Bonchev–Trinajstić information content (AvgIpc) is 3.31. The number of benzene rings is 3. The largest absolute Gasteiger partial charge is 0.261 e. The van der Waals surface area contributed by atoms with Gasteiger partial charge in [0.2, 0.25) is 10.0 Å². The molecular formula is C26H23F2N3O2S. The highest BCUT2D eigenvalue weighted by Gasteiger charge is 2.33. The van der Waals surface area contributed by atoms with E-state index in [0.29, 0.717) is 18.9 Å². The summed E-state index contributed by atoms with van der Waals surface area (Å²) in [5.41, 5.74) is 3.85. The van der Waals surface area contributed by atoms with E-state index in [1.165, 1.54) is 4.31 Å². The Labute approximate surface area is 197 Å². The van der Waals surface area contributed by atoms with Gasteiger partial charge in [0.25, 0.3) is 0 Å². The summed E-state index contributed by atoms with van der Waals surface area (Å²) in [4.78, 5) is -0.497. The highest BCUT2D eigenvalue weighted by Crippen LogP contribution is 2.34. The number of rotatable bonds is 5. The maximum Gasteiger partial charge on any atom is 0.245 e. The number of hydrogen-bond donors (Lipinski definition) is 0. The summed E-state index contributed by atoms with van der Waals surface area (Å²) in [6.45, 7) is 0.442. The summed E-state index contributed by atoms with van der Waals surface area (Å²) >= 11 is 0. The van der Waals surface area contributed by atoms with E-state index in [9.17, 15) is 17.2 Å². The van der Waals surface area contributed by atoms with Crippen molar-refractivity contribution >= 4 is 10.0 Å². The molecule has 174 valence electrons.